The molecule has 0 bridgehead atoms. The van der Waals surface area contributed by atoms with Gasteiger partial charge in [0.05, 0.1) is 16.1 Å². The molecular weight excluding hydrogens is 513 g/mol. The van der Waals surface area contributed by atoms with E-state index >= 15 is 0 Å². The van der Waals surface area contributed by atoms with Crippen molar-refractivity contribution in [2.75, 3.05) is 16.6 Å². The lowest BCUT2D eigenvalue weighted by atomic mass is 10.2. The van der Waals surface area contributed by atoms with Gasteiger partial charge in [-0.2, -0.15) is 13.2 Å². The van der Waals surface area contributed by atoms with Crippen LogP contribution in [0, 0.1) is 0 Å². The smallest absolute Gasteiger partial charge is 0.416 e. The van der Waals surface area contributed by atoms with E-state index in [4.69, 9.17) is 4.74 Å². The molecular formula is C21H16BrF3N2O4S. The van der Waals surface area contributed by atoms with Crippen LogP contribution in [0.25, 0.3) is 0 Å². The van der Waals surface area contributed by atoms with Crippen LogP contribution < -0.4 is 14.8 Å². The average molecular weight is 529 g/mol. The molecule has 0 spiro atoms. The molecule has 0 aromatic heterocycles. The van der Waals surface area contributed by atoms with Gasteiger partial charge in [0.1, 0.15) is 5.75 Å². The number of amides is 1. The van der Waals surface area contributed by atoms with Gasteiger partial charge in [-0.25, -0.2) is 8.42 Å². The maximum Gasteiger partial charge on any atom is 0.416 e. The van der Waals surface area contributed by atoms with Crippen molar-refractivity contribution in [1.82, 2.24) is 0 Å². The first-order valence-electron chi connectivity index (χ1n) is 9.02. The van der Waals surface area contributed by atoms with Gasteiger partial charge in [0, 0.05) is 10.2 Å². The summed E-state index contributed by atoms with van der Waals surface area (Å²) in [6.07, 6.45) is -4.59. The van der Waals surface area contributed by atoms with Gasteiger partial charge < -0.3 is 10.1 Å². The number of sulfonamides is 1. The predicted octanol–water partition coefficient (Wildman–Crippen LogP) is 5.29. The minimum Gasteiger partial charge on any atom is -0.484 e. The van der Waals surface area contributed by atoms with Crippen LogP contribution in [0.5, 0.6) is 5.75 Å². The van der Waals surface area contributed by atoms with Crippen LogP contribution in [0.1, 0.15) is 5.56 Å². The molecule has 11 heteroatoms. The number of carbonyl (C=O) groups excluding carboxylic acids is 1. The van der Waals surface area contributed by atoms with Gasteiger partial charge in [-0.05, 0) is 70.5 Å². The SMILES string of the molecule is O=C(COc1ccc(S(=O)(=O)Nc2cccc(C(F)(F)F)c2)cc1)Nc1ccccc1Br. The quantitative estimate of drug-likeness (QED) is 0.436. The Morgan fingerprint density at radius 2 is 1.66 bits per heavy atom. The summed E-state index contributed by atoms with van der Waals surface area (Å²) in [7, 11) is -4.13. The van der Waals surface area contributed by atoms with E-state index in [1.807, 2.05) is 0 Å². The summed E-state index contributed by atoms with van der Waals surface area (Å²) < 4.78 is 71.6. The zero-order chi connectivity index (χ0) is 23.4. The van der Waals surface area contributed by atoms with Gasteiger partial charge in [0.25, 0.3) is 15.9 Å². The molecule has 0 aliphatic carbocycles. The fourth-order valence-corrected chi connectivity index (χ4v) is 4.02. The van der Waals surface area contributed by atoms with Gasteiger partial charge >= 0.3 is 6.18 Å². The van der Waals surface area contributed by atoms with Crippen LogP contribution in [0.4, 0.5) is 24.5 Å². The number of rotatable bonds is 7. The summed E-state index contributed by atoms with van der Waals surface area (Å²) in [5, 5.41) is 2.66. The molecule has 0 radical (unpaired) electrons. The largest absolute Gasteiger partial charge is 0.484 e. The number of carbonyl (C=O) groups is 1. The lowest BCUT2D eigenvalue weighted by Crippen LogP contribution is -2.20. The van der Waals surface area contributed by atoms with Crippen molar-refractivity contribution in [1.29, 1.82) is 0 Å². The molecule has 0 unspecified atom stereocenters. The van der Waals surface area contributed by atoms with Crippen molar-refractivity contribution < 1.29 is 31.1 Å². The number of hydrogen-bond donors (Lipinski definition) is 2. The Labute approximate surface area is 190 Å². The number of hydrogen-bond acceptors (Lipinski definition) is 4. The fraction of sp³-hybridized carbons (Fsp3) is 0.0952. The Balaban J connectivity index is 1.62. The molecule has 168 valence electrons. The normalized spacial score (nSPS) is 11.6. The second-order valence-electron chi connectivity index (χ2n) is 6.47. The van der Waals surface area contributed by atoms with Crippen molar-refractivity contribution in [3.8, 4) is 5.75 Å². The van der Waals surface area contributed by atoms with Gasteiger partial charge in [0.15, 0.2) is 6.61 Å². The first-order chi connectivity index (χ1) is 15.0. The van der Waals surface area contributed by atoms with Crippen molar-refractivity contribution in [2.24, 2.45) is 0 Å². The number of benzene rings is 3. The number of ether oxygens (including phenoxy) is 1. The van der Waals surface area contributed by atoms with Gasteiger partial charge in [-0.1, -0.05) is 18.2 Å². The molecule has 0 atom stereocenters. The highest BCUT2D eigenvalue weighted by Crippen LogP contribution is 2.31. The molecule has 0 heterocycles. The molecule has 0 saturated heterocycles. The minimum atomic E-state index is -4.59. The summed E-state index contributed by atoms with van der Waals surface area (Å²) in [4.78, 5) is 11.8. The third-order valence-electron chi connectivity index (χ3n) is 4.09. The van der Waals surface area contributed by atoms with E-state index < -0.39 is 27.7 Å². The topological polar surface area (TPSA) is 84.5 Å². The molecule has 1 amide bonds. The molecule has 0 saturated carbocycles. The summed E-state index contributed by atoms with van der Waals surface area (Å²) in [6, 6.07) is 16.0. The fourth-order valence-electron chi connectivity index (χ4n) is 2.59. The molecule has 0 fully saturated rings. The minimum absolute atomic E-state index is 0.181. The van der Waals surface area contributed by atoms with Crippen LogP contribution in [0.3, 0.4) is 0 Å². The van der Waals surface area contributed by atoms with Crippen LogP contribution in [0.2, 0.25) is 0 Å². The van der Waals surface area contributed by atoms with Crippen LogP contribution in [-0.2, 0) is 21.0 Å². The standard InChI is InChI=1S/C21H16BrF3N2O4S/c22-18-6-1-2-7-19(18)26-20(28)13-31-16-8-10-17(11-9-16)32(29,30)27-15-5-3-4-14(12-15)21(23,24)25/h1-12,27H,13H2,(H,26,28). The van der Waals surface area contributed by atoms with E-state index in [9.17, 15) is 26.4 Å². The van der Waals surface area contributed by atoms with Gasteiger partial charge in [-0.15, -0.1) is 0 Å². The second kappa shape index (κ2) is 9.61. The molecule has 6 nitrogen and oxygen atoms in total. The Hall–Kier alpha value is -3.05. The number of nitrogens with one attached hydrogen (secondary N) is 2. The van der Waals surface area contributed by atoms with Gasteiger partial charge in [0.2, 0.25) is 0 Å². The van der Waals surface area contributed by atoms with E-state index in [2.05, 4.69) is 26.0 Å². The molecule has 3 rings (SSSR count). The number of anilines is 2. The summed E-state index contributed by atoms with van der Waals surface area (Å²) >= 11 is 3.31. The zero-order valence-electron chi connectivity index (χ0n) is 16.2. The third-order valence-corrected chi connectivity index (χ3v) is 6.18. The highest BCUT2D eigenvalue weighted by Gasteiger charge is 2.30. The summed E-state index contributed by atoms with van der Waals surface area (Å²) in [5.74, 6) is -0.176. The first kappa shape index (κ1) is 23.6. The molecule has 0 aliphatic rings. The van der Waals surface area contributed by atoms with Crippen LogP contribution >= 0.6 is 15.9 Å². The summed E-state index contributed by atoms with van der Waals surface area (Å²) in [5.41, 5.74) is -0.616. The molecule has 32 heavy (non-hydrogen) atoms. The van der Waals surface area contributed by atoms with Crippen molar-refractivity contribution >= 4 is 43.2 Å². The number of para-hydroxylation sites is 1. The number of alkyl halides is 3. The monoisotopic (exact) mass is 528 g/mol. The van der Waals surface area contributed by atoms with E-state index in [-0.39, 0.29) is 22.9 Å². The zero-order valence-corrected chi connectivity index (χ0v) is 18.6. The Morgan fingerprint density at radius 1 is 0.969 bits per heavy atom. The maximum absolute atomic E-state index is 12.8. The number of halogens is 4. The first-order valence-corrected chi connectivity index (χ1v) is 11.3. The Bertz CT molecular complexity index is 1220. The third kappa shape index (κ3) is 6.24. The summed E-state index contributed by atoms with van der Waals surface area (Å²) in [6.45, 7) is -0.310. The Kier molecular flexibility index (Phi) is 7.09. The van der Waals surface area contributed by atoms with Gasteiger partial charge in [-0.3, -0.25) is 9.52 Å². The average Bonchev–Trinajstić information content (AvgIpc) is 2.73. The van der Waals surface area contributed by atoms with Crippen molar-refractivity contribution in [2.45, 2.75) is 11.1 Å². The maximum atomic E-state index is 12.8. The van der Waals surface area contributed by atoms with E-state index in [0.717, 1.165) is 12.1 Å². The van der Waals surface area contributed by atoms with Crippen molar-refractivity contribution in [3.63, 3.8) is 0 Å². The molecule has 2 N–H and O–H groups in total. The van der Waals surface area contributed by atoms with Crippen molar-refractivity contribution in [3.05, 3.63) is 82.8 Å². The Morgan fingerprint density at radius 3 is 2.31 bits per heavy atom. The second-order valence-corrected chi connectivity index (χ2v) is 9.01. The highest BCUT2D eigenvalue weighted by molar-refractivity contribution is 9.10. The van der Waals surface area contributed by atoms with E-state index in [1.54, 1.807) is 24.3 Å². The molecule has 0 aliphatic heterocycles. The lowest BCUT2D eigenvalue weighted by Gasteiger charge is -2.12. The van der Waals surface area contributed by atoms with E-state index in [1.165, 1.54) is 30.3 Å². The lowest BCUT2D eigenvalue weighted by molar-refractivity contribution is -0.137. The van der Waals surface area contributed by atoms with E-state index in [0.29, 0.717) is 16.2 Å². The highest BCUT2D eigenvalue weighted by atomic mass is 79.9. The van der Waals surface area contributed by atoms with Crippen LogP contribution in [0.15, 0.2) is 82.2 Å². The predicted molar refractivity (Wildman–Crippen MR) is 117 cm³/mol. The molecule has 3 aromatic rings. The molecule has 3 aromatic carbocycles. The van der Waals surface area contributed by atoms with Crippen LogP contribution in [-0.4, -0.2) is 20.9 Å².